The van der Waals surface area contributed by atoms with Gasteiger partial charge in [-0.1, -0.05) is 6.07 Å². The first-order chi connectivity index (χ1) is 6.65. The van der Waals surface area contributed by atoms with Crippen LogP contribution in [0.4, 0.5) is 0 Å². The second kappa shape index (κ2) is 4.31. The van der Waals surface area contributed by atoms with Gasteiger partial charge in [-0.15, -0.1) is 12.4 Å². The van der Waals surface area contributed by atoms with Crippen molar-refractivity contribution >= 4 is 24.0 Å². The van der Waals surface area contributed by atoms with E-state index in [2.05, 4.69) is 4.98 Å². The zero-order chi connectivity index (χ0) is 10.1. The van der Waals surface area contributed by atoms with Gasteiger partial charge in [0.15, 0.2) is 0 Å². The molecule has 0 aliphatic rings. The number of pyridine rings is 1. The van der Waals surface area contributed by atoms with E-state index in [0.29, 0.717) is 5.69 Å². The Kier molecular flexibility index (Phi) is 3.31. The van der Waals surface area contributed by atoms with Crippen molar-refractivity contribution < 1.29 is 9.90 Å². The smallest absolute Gasteiger partial charge is 0.309 e. The molecule has 0 saturated carbocycles. The fourth-order valence-electron chi connectivity index (χ4n) is 1.40. The molecule has 0 unspecified atom stereocenters. The van der Waals surface area contributed by atoms with Gasteiger partial charge in [0.2, 0.25) is 0 Å². The summed E-state index contributed by atoms with van der Waals surface area (Å²) in [7, 11) is 0. The van der Waals surface area contributed by atoms with Gasteiger partial charge in [-0.05, 0) is 18.6 Å². The third kappa shape index (κ3) is 2.47. The van der Waals surface area contributed by atoms with Crippen molar-refractivity contribution in [2.75, 3.05) is 0 Å². The van der Waals surface area contributed by atoms with Crippen LogP contribution in [0, 0.1) is 6.92 Å². The molecule has 0 spiro atoms. The topological polar surface area (TPSA) is 54.6 Å². The van der Waals surface area contributed by atoms with Crippen molar-refractivity contribution in [1.29, 1.82) is 0 Å². The number of carboxylic acids is 1. The number of rotatable bonds is 2. The van der Waals surface area contributed by atoms with Crippen LogP contribution >= 0.6 is 12.4 Å². The Morgan fingerprint density at radius 2 is 2.20 bits per heavy atom. The third-order valence-corrected chi connectivity index (χ3v) is 1.98. The first kappa shape index (κ1) is 11.5. The molecular weight excluding hydrogens is 216 g/mol. The van der Waals surface area contributed by atoms with E-state index in [1.807, 2.05) is 29.7 Å². The Bertz CT molecular complexity index is 493. The number of halogens is 1. The maximum atomic E-state index is 10.5. The monoisotopic (exact) mass is 226 g/mol. The van der Waals surface area contributed by atoms with Gasteiger partial charge >= 0.3 is 5.97 Å². The Hall–Kier alpha value is -1.55. The van der Waals surface area contributed by atoms with Crippen LogP contribution in [0.2, 0.25) is 0 Å². The summed E-state index contributed by atoms with van der Waals surface area (Å²) in [5, 5.41) is 8.60. The number of hydrogen-bond donors (Lipinski definition) is 1. The molecule has 0 aliphatic carbocycles. The van der Waals surface area contributed by atoms with E-state index in [0.717, 1.165) is 11.2 Å². The van der Waals surface area contributed by atoms with E-state index in [-0.39, 0.29) is 18.8 Å². The minimum absolute atomic E-state index is 0. The predicted octanol–water partition coefficient (Wildman–Crippen LogP) is 1.69. The van der Waals surface area contributed by atoms with Crippen molar-refractivity contribution in [1.82, 2.24) is 9.38 Å². The van der Waals surface area contributed by atoms with Gasteiger partial charge in [0.1, 0.15) is 5.65 Å². The first-order valence-corrected chi connectivity index (χ1v) is 4.31. The number of fused-ring (bicyclic) bond motifs is 1. The van der Waals surface area contributed by atoms with Crippen LogP contribution in [-0.2, 0) is 11.2 Å². The summed E-state index contributed by atoms with van der Waals surface area (Å²) < 4.78 is 1.84. The van der Waals surface area contributed by atoms with Gasteiger partial charge < -0.3 is 9.51 Å². The summed E-state index contributed by atoms with van der Waals surface area (Å²) >= 11 is 0. The molecule has 4 nitrogen and oxygen atoms in total. The number of carbonyl (C=O) groups is 1. The van der Waals surface area contributed by atoms with Crippen LogP contribution < -0.4 is 0 Å². The third-order valence-electron chi connectivity index (χ3n) is 1.98. The Balaban J connectivity index is 0.00000112. The second-order valence-corrected chi connectivity index (χ2v) is 3.27. The Labute approximate surface area is 93.0 Å². The highest BCUT2D eigenvalue weighted by Gasteiger charge is 2.05. The average Bonchev–Trinajstić information content (AvgIpc) is 2.44. The molecule has 2 aromatic rings. The van der Waals surface area contributed by atoms with Crippen LogP contribution in [0.1, 0.15) is 11.3 Å². The lowest BCUT2D eigenvalue weighted by molar-refractivity contribution is -0.136. The number of aliphatic carboxylic acids is 1. The number of aromatic nitrogens is 2. The maximum Gasteiger partial charge on any atom is 0.309 e. The Morgan fingerprint density at radius 3 is 2.87 bits per heavy atom. The van der Waals surface area contributed by atoms with E-state index in [1.165, 1.54) is 0 Å². The molecule has 2 heterocycles. The molecule has 2 aromatic heterocycles. The molecule has 0 aliphatic heterocycles. The maximum absolute atomic E-state index is 10.5. The van der Waals surface area contributed by atoms with Crippen LogP contribution in [0.5, 0.6) is 0 Å². The number of aryl methyl sites for hydroxylation is 1. The molecule has 0 fully saturated rings. The molecule has 5 heteroatoms. The van der Waals surface area contributed by atoms with Gasteiger partial charge in [-0.3, -0.25) is 4.79 Å². The SMILES string of the molecule is Cc1ccc2nc(CC(=O)O)cn2c1.Cl. The minimum atomic E-state index is -0.856. The first-order valence-electron chi connectivity index (χ1n) is 4.31. The van der Waals surface area contributed by atoms with E-state index in [4.69, 9.17) is 5.11 Å². The minimum Gasteiger partial charge on any atom is -0.481 e. The molecule has 0 bridgehead atoms. The summed E-state index contributed by atoms with van der Waals surface area (Å²) in [6.07, 6.45) is 3.64. The molecule has 0 saturated heterocycles. The van der Waals surface area contributed by atoms with Crippen molar-refractivity contribution in [2.24, 2.45) is 0 Å². The number of hydrogen-bond acceptors (Lipinski definition) is 2. The fourth-order valence-corrected chi connectivity index (χ4v) is 1.40. The summed E-state index contributed by atoms with van der Waals surface area (Å²) in [6, 6.07) is 3.83. The van der Waals surface area contributed by atoms with Crippen molar-refractivity contribution in [3.05, 3.63) is 35.8 Å². The van der Waals surface area contributed by atoms with Crippen LogP contribution in [0.3, 0.4) is 0 Å². The van der Waals surface area contributed by atoms with Gasteiger partial charge in [0, 0.05) is 12.4 Å². The van der Waals surface area contributed by atoms with Crippen molar-refractivity contribution in [2.45, 2.75) is 13.3 Å². The van der Waals surface area contributed by atoms with Crippen LogP contribution in [-0.4, -0.2) is 20.5 Å². The summed E-state index contributed by atoms with van der Waals surface area (Å²) in [6.45, 7) is 1.98. The van der Waals surface area contributed by atoms with Gasteiger partial charge in [0.25, 0.3) is 0 Å². The molecule has 0 radical (unpaired) electrons. The second-order valence-electron chi connectivity index (χ2n) is 3.27. The quantitative estimate of drug-likeness (QED) is 0.848. The number of nitrogens with zero attached hydrogens (tertiary/aromatic N) is 2. The number of imidazole rings is 1. The molecule has 0 amide bonds. The normalized spacial score (nSPS) is 9.93. The summed E-state index contributed by atoms with van der Waals surface area (Å²) in [5.74, 6) is -0.856. The lowest BCUT2D eigenvalue weighted by Crippen LogP contribution is -1.99. The highest BCUT2D eigenvalue weighted by molar-refractivity contribution is 5.85. The lowest BCUT2D eigenvalue weighted by atomic mass is 10.3. The van der Waals surface area contributed by atoms with E-state index in [9.17, 15) is 4.79 Å². The van der Waals surface area contributed by atoms with E-state index in [1.54, 1.807) is 6.20 Å². The molecule has 0 aromatic carbocycles. The Morgan fingerprint density at radius 1 is 1.47 bits per heavy atom. The van der Waals surface area contributed by atoms with Gasteiger partial charge in [-0.2, -0.15) is 0 Å². The molecule has 0 atom stereocenters. The molecule has 2 rings (SSSR count). The van der Waals surface area contributed by atoms with E-state index >= 15 is 0 Å². The van der Waals surface area contributed by atoms with Crippen LogP contribution in [0.25, 0.3) is 5.65 Å². The summed E-state index contributed by atoms with van der Waals surface area (Å²) in [4.78, 5) is 14.6. The standard InChI is InChI=1S/C10H10N2O2.ClH/c1-7-2-3-9-11-8(4-10(13)14)6-12(9)5-7;/h2-3,5-6H,4H2,1H3,(H,13,14);1H. The largest absolute Gasteiger partial charge is 0.481 e. The van der Waals surface area contributed by atoms with Crippen molar-refractivity contribution in [3.63, 3.8) is 0 Å². The van der Waals surface area contributed by atoms with Crippen molar-refractivity contribution in [3.8, 4) is 0 Å². The van der Waals surface area contributed by atoms with Crippen LogP contribution in [0.15, 0.2) is 24.5 Å². The highest BCUT2D eigenvalue weighted by Crippen LogP contribution is 2.07. The van der Waals surface area contributed by atoms with E-state index < -0.39 is 5.97 Å². The number of carboxylic acid groups (broad SMARTS) is 1. The highest BCUT2D eigenvalue weighted by atomic mass is 35.5. The molecular formula is C10H11ClN2O2. The molecule has 1 N–H and O–H groups in total. The zero-order valence-electron chi connectivity index (χ0n) is 8.17. The molecule has 80 valence electrons. The van der Waals surface area contributed by atoms with Gasteiger partial charge in [0.05, 0.1) is 12.1 Å². The predicted molar refractivity (Wildman–Crippen MR) is 58.5 cm³/mol. The van der Waals surface area contributed by atoms with Gasteiger partial charge in [-0.25, -0.2) is 4.98 Å². The summed E-state index contributed by atoms with van der Waals surface area (Å²) in [5.41, 5.74) is 2.49. The fraction of sp³-hybridized carbons (Fsp3) is 0.200. The lowest BCUT2D eigenvalue weighted by Gasteiger charge is -1.93. The zero-order valence-corrected chi connectivity index (χ0v) is 8.99. The molecule has 15 heavy (non-hydrogen) atoms. The average molecular weight is 227 g/mol.